The minimum atomic E-state index is 0.305. The SMILES string of the molecule is CC1CCCC(C)N1C(=O)CCc1cccc(Br)c1. The quantitative estimate of drug-likeness (QED) is 0.817. The summed E-state index contributed by atoms with van der Waals surface area (Å²) in [5.41, 5.74) is 1.22. The van der Waals surface area contributed by atoms with E-state index in [4.69, 9.17) is 0 Å². The van der Waals surface area contributed by atoms with Crippen molar-refractivity contribution >= 4 is 21.8 Å². The Balaban J connectivity index is 1.93. The van der Waals surface area contributed by atoms with Gasteiger partial charge < -0.3 is 4.90 Å². The number of amides is 1. The average Bonchev–Trinajstić information content (AvgIpc) is 2.36. The predicted molar refractivity (Wildman–Crippen MR) is 82.1 cm³/mol. The maximum Gasteiger partial charge on any atom is 0.223 e. The molecule has 2 unspecified atom stereocenters. The van der Waals surface area contributed by atoms with Gasteiger partial charge in [0.15, 0.2) is 0 Å². The maximum atomic E-state index is 12.4. The average molecular weight is 324 g/mol. The molecule has 2 atom stereocenters. The fourth-order valence-corrected chi connectivity index (χ4v) is 3.43. The first-order valence-corrected chi connectivity index (χ1v) is 7.93. The van der Waals surface area contributed by atoms with E-state index in [2.05, 4.69) is 46.8 Å². The van der Waals surface area contributed by atoms with Crippen LogP contribution in [0.25, 0.3) is 0 Å². The number of aryl methyl sites for hydroxylation is 1. The summed E-state index contributed by atoms with van der Waals surface area (Å²) in [7, 11) is 0. The van der Waals surface area contributed by atoms with Gasteiger partial charge in [-0.2, -0.15) is 0 Å². The second-order valence-electron chi connectivity index (χ2n) is 5.56. The molecule has 0 aromatic heterocycles. The first-order valence-electron chi connectivity index (χ1n) is 7.13. The molecule has 1 saturated heterocycles. The first kappa shape index (κ1) is 14.6. The normalized spacial score (nSPS) is 23.4. The number of hydrogen-bond donors (Lipinski definition) is 0. The molecule has 1 aromatic rings. The van der Waals surface area contributed by atoms with Gasteiger partial charge in [0.05, 0.1) is 0 Å². The van der Waals surface area contributed by atoms with Crippen LogP contribution in [0.3, 0.4) is 0 Å². The molecule has 0 N–H and O–H groups in total. The van der Waals surface area contributed by atoms with E-state index < -0.39 is 0 Å². The highest BCUT2D eigenvalue weighted by molar-refractivity contribution is 9.10. The lowest BCUT2D eigenvalue weighted by Gasteiger charge is -2.39. The first-order chi connectivity index (χ1) is 9.08. The Hall–Kier alpha value is -0.830. The molecule has 0 radical (unpaired) electrons. The highest BCUT2D eigenvalue weighted by Crippen LogP contribution is 2.23. The lowest BCUT2D eigenvalue weighted by Crippen LogP contribution is -2.47. The van der Waals surface area contributed by atoms with Crippen molar-refractivity contribution in [3.05, 3.63) is 34.3 Å². The third-order valence-corrected chi connectivity index (χ3v) is 4.49. The zero-order valence-corrected chi connectivity index (χ0v) is 13.3. The van der Waals surface area contributed by atoms with Crippen molar-refractivity contribution < 1.29 is 4.79 Å². The lowest BCUT2D eigenvalue weighted by atomic mass is 9.96. The van der Waals surface area contributed by atoms with Crippen molar-refractivity contribution in [3.8, 4) is 0 Å². The molecule has 1 aromatic carbocycles. The van der Waals surface area contributed by atoms with Crippen molar-refractivity contribution in [2.75, 3.05) is 0 Å². The summed E-state index contributed by atoms with van der Waals surface area (Å²) in [6.07, 6.45) is 4.98. The van der Waals surface area contributed by atoms with Crippen LogP contribution >= 0.6 is 15.9 Å². The van der Waals surface area contributed by atoms with E-state index in [1.165, 1.54) is 12.0 Å². The summed E-state index contributed by atoms with van der Waals surface area (Å²) < 4.78 is 1.08. The molecule has 19 heavy (non-hydrogen) atoms. The smallest absolute Gasteiger partial charge is 0.223 e. The molecular weight excluding hydrogens is 302 g/mol. The van der Waals surface area contributed by atoms with Crippen LogP contribution < -0.4 is 0 Å². The summed E-state index contributed by atoms with van der Waals surface area (Å²) in [5.74, 6) is 0.305. The van der Waals surface area contributed by atoms with E-state index >= 15 is 0 Å². The van der Waals surface area contributed by atoms with Gasteiger partial charge in [-0.05, 0) is 57.2 Å². The molecule has 1 aliphatic heterocycles. The summed E-state index contributed by atoms with van der Waals surface area (Å²) in [6.45, 7) is 4.35. The van der Waals surface area contributed by atoms with Gasteiger partial charge in [-0.3, -0.25) is 4.79 Å². The number of likely N-dealkylation sites (tertiary alicyclic amines) is 1. The lowest BCUT2D eigenvalue weighted by molar-refractivity contribution is -0.137. The zero-order chi connectivity index (χ0) is 13.8. The number of nitrogens with zero attached hydrogens (tertiary/aromatic N) is 1. The van der Waals surface area contributed by atoms with Crippen LogP contribution in [0, 0.1) is 0 Å². The summed E-state index contributed by atoms with van der Waals surface area (Å²) in [4.78, 5) is 14.5. The van der Waals surface area contributed by atoms with Gasteiger partial charge in [0.2, 0.25) is 5.91 Å². The Morgan fingerprint density at radius 3 is 2.63 bits per heavy atom. The number of carbonyl (C=O) groups is 1. The second kappa shape index (κ2) is 6.56. The van der Waals surface area contributed by atoms with Crippen molar-refractivity contribution in [1.82, 2.24) is 4.90 Å². The Morgan fingerprint density at radius 1 is 1.32 bits per heavy atom. The summed E-state index contributed by atoms with van der Waals surface area (Å²) in [5, 5.41) is 0. The molecule has 0 saturated carbocycles. The minimum absolute atomic E-state index is 0.305. The molecule has 2 nitrogen and oxygen atoms in total. The Kier molecular flexibility index (Phi) is 5.03. The number of halogens is 1. The molecule has 0 bridgehead atoms. The molecule has 0 aliphatic carbocycles. The summed E-state index contributed by atoms with van der Waals surface area (Å²) in [6, 6.07) is 9.02. The fraction of sp³-hybridized carbons (Fsp3) is 0.562. The van der Waals surface area contributed by atoms with Gasteiger partial charge in [-0.1, -0.05) is 28.1 Å². The molecule has 3 heteroatoms. The van der Waals surface area contributed by atoms with Crippen LogP contribution in [-0.2, 0) is 11.2 Å². The molecule has 104 valence electrons. The predicted octanol–water partition coefficient (Wildman–Crippen LogP) is 4.17. The van der Waals surface area contributed by atoms with Gasteiger partial charge in [0.1, 0.15) is 0 Å². The number of piperidine rings is 1. The Labute approximate surface area is 124 Å². The van der Waals surface area contributed by atoms with E-state index in [1.54, 1.807) is 0 Å². The van der Waals surface area contributed by atoms with Gasteiger partial charge in [-0.25, -0.2) is 0 Å². The van der Waals surface area contributed by atoms with Crippen molar-refractivity contribution in [1.29, 1.82) is 0 Å². The highest BCUT2D eigenvalue weighted by Gasteiger charge is 2.28. The monoisotopic (exact) mass is 323 g/mol. The maximum absolute atomic E-state index is 12.4. The highest BCUT2D eigenvalue weighted by atomic mass is 79.9. The van der Waals surface area contributed by atoms with Crippen LogP contribution in [0.15, 0.2) is 28.7 Å². The van der Waals surface area contributed by atoms with Gasteiger partial charge >= 0.3 is 0 Å². The molecule has 0 spiro atoms. The third kappa shape index (κ3) is 3.82. The number of carbonyl (C=O) groups excluding carboxylic acids is 1. The van der Waals surface area contributed by atoms with Crippen LogP contribution in [0.2, 0.25) is 0 Å². The van der Waals surface area contributed by atoms with Gasteiger partial charge in [0, 0.05) is 23.0 Å². The number of benzene rings is 1. The number of hydrogen-bond acceptors (Lipinski definition) is 1. The zero-order valence-electron chi connectivity index (χ0n) is 11.7. The van der Waals surface area contributed by atoms with Crippen molar-refractivity contribution in [2.24, 2.45) is 0 Å². The Bertz CT molecular complexity index is 436. The van der Waals surface area contributed by atoms with Crippen LogP contribution in [0.5, 0.6) is 0 Å². The molecule has 1 amide bonds. The molecular formula is C16H22BrNO. The topological polar surface area (TPSA) is 20.3 Å². The molecule has 1 fully saturated rings. The van der Waals surface area contributed by atoms with Gasteiger partial charge in [0.25, 0.3) is 0 Å². The largest absolute Gasteiger partial charge is 0.337 e. The molecule has 1 heterocycles. The third-order valence-electron chi connectivity index (χ3n) is 4.00. The summed E-state index contributed by atoms with van der Waals surface area (Å²) >= 11 is 3.47. The standard InChI is InChI=1S/C16H22BrNO/c1-12-5-3-6-13(2)18(12)16(19)10-9-14-7-4-8-15(17)11-14/h4,7-8,11-13H,3,5-6,9-10H2,1-2H3. The van der Waals surface area contributed by atoms with Crippen molar-refractivity contribution in [3.63, 3.8) is 0 Å². The number of rotatable bonds is 3. The van der Waals surface area contributed by atoms with E-state index in [0.29, 0.717) is 24.4 Å². The molecule has 1 aliphatic rings. The van der Waals surface area contributed by atoms with Crippen LogP contribution in [-0.4, -0.2) is 22.9 Å². The van der Waals surface area contributed by atoms with Gasteiger partial charge in [-0.15, -0.1) is 0 Å². The fourth-order valence-electron chi connectivity index (χ4n) is 2.99. The second-order valence-corrected chi connectivity index (χ2v) is 6.48. The molecule has 2 rings (SSSR count). The van der Waals surface area contributed by atoms with Crippen LogP contribution in [0.4, 0.5) is 0 Å². The van der Waals surface area contributed by atoms with Crippen LogP contribution in [0.1, 0.15) is 45.1 Å². The van der Waals surface area contributed by atoms with E-state index in [-0.39, 0.29) is 0 Å². The minimum Gasteiger partial charge on any atom is -0.337 e. The van der Waals surface area contributed by atoms with E-state index in [0.717, 1.165) is 23.7 Å². The van der Waals surface area contributed by atoms with E-state index in [9.17, 15) is 4.79 Å². The van der Waals surface area contributed by atoms with E-state index in [1.807, 2.05) is 12.1 Å². The van der Waals surface area contributed by atoms with Crippen molar-refractivity contribution in [2.45, 2.75) is 58.0 Å². The Morgan fingerprint density at radius 2 is 2.00 bits per heavy atom.